The predicted octanol–water partition coefficient (Wildman–Crippen LogP) is 13.7. The van der Waals surface area contributed by atoms with Gasteiger partial charge in [0.2, 0.25) is 19.2 Å². The zero-order valence-electron chi connectivity index (χ0n) is 71.2. The van der Waals surface area contributed by atoms with Crippen molar-refractivity contribution >= 4 is 176 Å². The van der Waals surface area contributed by atoms with Gasteiger partial charge in [-0.3, -0.25) is 33.6 Å². The zero-order chi connectivity index (χ0) is 94.3. The fraction of sp³-hybridized carbons (Fsp3) is 0.253. The Morgan fingerprint density at radius 2 is 0.766 bits per heavy atom. The smallest absolute Gasteiger partial charge is 0.339 e. The van der Waals surface area contributed by atoms with Gasteiger partial charge in [-0.05, 0) is 184 Å². The number of amides is 8. The van der Waals surface area contributed by atoms with Gasteiger partial charge >= 0.3 is 41.6 Å². The second kappa shape index (κ2) is 49.0. The van der Waals surface area contributed by atoms with Gasteiger partial charge in [-0.2, -0.15) is 0 Å². The molecule has 0 aliphatic carbocycles. The molecular weight excluding hydrogens is 1780 g/mol. The van der Waals surface area contributed by atoms with Crippen molar-refractivity contribution in [2.24, 2.45) is 0 Å². The number of aromatic amines is 1. The van der Waals surface area contributed by atoms with Crippen molar-refractivity contribution in [3.05, 3.63) is 294 Å². The number of nitrogens with two attached hydrogens (primary N) is 2. The molecule has 37 heteroatoms. The fourth-order valence-corrected chi connectivity index (χ4v) is 13.9. The lowest BCUT2D eigenvalue weighted by Crippen LogP contribution is -2.44. The molecule has 0 saturated carbocycles. The second-order valence-corrected chi connectivity index (χ2v) is 31.9. The Morgan fingerprint density at radius 1 is 0.430 bits per heavy atom. The third kappa shape index (κ3) is 30.2. The number of urea groups is 1. The quantitative estimate of drug-likeness (QED) is 0.00840. The van der Waals surface area contributed by atoms with Crippen LogP contribution in [0.3, 0.4) is 0 Å². The molecule has 0 fully saturated rings. The van der Waals surface area contributed by atoms with Gasteiger partial charge in [0.15, 0.2) is 0 Å². The van der Waals surface area contributed by atoms with Crippen molar-refractivity contribution < 1.29 is 81.2 Å². The van der Waals surface area contributed by atoms with Gasteiger partial charge in [0.05, 0.1) is 113 Å². The molecular formula is C91H94Cl6N12O19. The summed E-state index contributed by atoms with van der Waals surface area (Å²) in [5.74, 6) is -4.76. The molecule has 0 bridgehead atoms. The van der Waals surface area contributed by atoms with E-state index in [9.17, 15) is 67.1 Å². The molecule has 0 spiro atoms. The van der Waals surface area contributed by atoms with Gasteiger partial charge in [0.1, 0.15) is 18.1 Å². The molecule has 1 heterocycles. The molecule has 3 atom stereocenters. The van der Waals surface area contributed by atoms with Crippen molar-refractivity contribution in [2.75, 3.05) is 57.5 Å². The number of benzene rings is 9. The van der Waals surface area contributed by atoms with Crippen LogP contribution in [0, 0.1) is 0 Å². The minimum absolute atomic E-state index is 0.0365. The summed E-state index contributed by atoms with van der Waals surface area (Å²) in [6.45, 7) is 11.2. The van der Waals surface area contributed by atoms with E-state index in [1.165, 1.54) is 59.3 Å². The van der Waals surface area contributed by atoms with Crippen LogP contribution in [-0.4, -0.2) is 169 Å². The number of carbonyl (C=O) groups excluding carboxylic acids is 12. The van der Waals surface area contributed by atoms with E-state index < -0.39 is 95.2 Å². The minimum atomic E-state index is -1.08. The molecule has 10 N–H and O–H groups in total. The fourth-order valence-electron chi connectivity index (χ4n) is 12.1. The molecule has 0 aliphatic heterocycles. The van der Waals surface area contributed by atoms with E-state index in [0.29, 0.717) is 82.8 Å². The number of nitrogens with zero attached hydrogens (tertiary/aromatic N) is 4. The first-order chi connectivity index (χ1) is 60.7. The minimum Gasteiger partial charge on any atom is -0.465 e. The average Bonchev–Trinajstić information content (AvgIpc) is 0.771. The summed E-state index contributed by atoms with van der Waals surface area (Å²) in [6, 6.07) is 45.2. The van der Waals surface area contributed by atoms with Crippen LogP contribution in [0.15, 0.2) is 192 Å². The lowest BCUT2D eigenvalue weighted by atomic mass is 10.0. The first kappa shape index (κ1) is 102. The average molecular weight is 1870 g/mol. The molecule has 10 rings (SSSR count). The van der Waals surface area contributed by atoms with Crippen LogP contribution in [0.4, 0.5) is 27.5 Å². The number of anilines is 4. The van der Waals surface area contributed by atoms with Gasteiger partial charge < -0.3 is 81.4 Å². The number of ether oxygens (including phenoxy) is 5. The summed E-state index contributed by atoms with van der Waals surface area (Å²) in [5.41, 5.74) is 17.4. The van der Waals surface area contributed by atoms with Crippen LogP contribution in [0.5, 0.6) is 0 Å². The maximum Gasteiger partial charge on any atom is 0.339 e. The van der Waals surface area contributed by atoms with Crippen LogP contribution >= 0.6 is 69.6 Å². The number of esters is 5. The van der Waals surface area contributed by atoms with E-state index in [1.54, 1.807) is 214 Å². The first-order valence-corrected chi connectivity index (χ1v) is 41.4. The van der Waals surface area contributed by atoms with Crippen LogP contribution in [0.1, 0.15) is 127 Å². The largest absolute Gasteiger partial charge is 0.465 e. The number of carbonyl (C=O) groups is 12. The molecule has 0 unspecified atom stereocenters. The molecule has 128 heavy (non-hydrogen) atoms. The maximum absolute atomic E-state index is 13.4. The number of hydrogen-bond acceptors (Lipinski definition) is 21. The van der Waals surface area contributed by atoms with Crippen molar-refractivity contribution in [3.63, 3.8) is 0 Å². The summed E-state index contributed by atoms with van der Waals surface area (Å²) in [5, 5.41) is 14.5. The number of rotatable bonds is 32. The van der Waals surface area contributed by atoms with E-state index >= 15 is 0 Å². The van der Waals surface area contributed by atoms with Gasteiger partial charge in [-0.15, -0.1) is 0 Å². The lowest BCUT2D eigenvalue weighted by molar-refractivity contribution is -0.150. The van der Waals surface area contributed by atoms with Gasteiger partial charge in [0.25, 0.3) is 23.3 Å². The topological polar surface area (TPSA) is 428 Å². The zero-order valence-corrected chi connectivity index (χ0v) is 75.8. The van der Waals surface area contributed by atoms with Crippen molar-refractivity contribution in [2.45, 2.75) is 117 Å². The molecule has 31 nitrogen and oxygen atoms in total. The number of nitrogens with one attached hydrogen (secondary N) is 6. The molecule has 9 aromatic carbocycles. The molecule has 8 amide bonds. The Morgan fingerprint density at radius 3 is 1.14 bits per heavy atom. The number of H-pyrrole nitrogens is 1. The highest BCUT2D eigenvalue weighted by Crippen LogP contribution is 2.29. The number of fused-ring (bicyclic) bond motifs is 1. The standard InChI is InChI=1S/C31H32Cl2N4O7.C30H28Cl2N4O6.C19H20Cl2N2O3.C11H14N2O3/c1-18(2)44-30(41)26(35-28(39)27-23(32)6-5-7-24(27)33)15-19-8-11-21(12-9-19)34-31(42)36-25-13-10-20(16-37(3)17-38)14-22(25)29(40)43-4;1-17(2)42-29(40)25(33-27(38)26-22(31)5-4-6-23(26)32)14-18-7-10-20(11-8-18)36-28(39)21-13-19(15-35(3)16-37)9-12-24(21)34-30(36)41;1-11(2)26-19(25)16(10-12-6-8-13(22)9-7-12)23-18(24)17-14(20)4-3-5-15(17)21;1-13(7-14)6-8-3-4-10(12)9(5-8)11(15)16-2/h5-14,17-18,26H,15-16H2,1-4H3,(H,35,39)(H2,34,36,42);4-13,16-17,25H,14-15H2,1-3H3,(H,33,38)(H,34,41);3-9,11,16H,10,22H2,1-2H3,(H,23,24);3-5,7H,6,12H2,1-2H3/t26-;25-;16-;/m000./s1. The van der Waals surface area contributed by atoms with Crippen LogP contribution < -0.4 is 49.3 Å². The predicted molar refractivity (Wildman–Crippen MR) is 491 cm³/mol. The van der Waals surface area contributed by atoms with Crippen molar-refractivity contribution in [1.82, 2.24) is 40.2 Å². The third-order valence-electron chi connectivity index (χ3n) is 18.2. The number of halogens is 6. The van der Waals surface area contributed by atoms with E-state index in [1.807, 2.05) is 0 Å². The number of nitrogen functional groups attached to an aromatic ring is 2. The van der Waals surface area contributed by atoms with E-state index in [0.717, 1.165) is 21.3 Å². The van der Waals surface area contributed by atoms with Gasteiger partial charge in [0, 0.05) is 77.1 Å². The lowest BCUT2D eigenvalue weighted by Gasteiger charge is -2.20. The Kier molecular flexibility index (Phi) is 39.0. The summed E-state index contributed by atoms with van der Waals surface area (Å²) in [6.07, 6.45) is 1.30. The SMILES string of the molecule is CC(C)OC(=O)[C@H](Cc1ccc(-n2c(=O)[nH]c3ccc(CN(C)C=O)cc3c2=O)cc1)NC(=O)c1c(Cl)cccc1Cl.CC(C)OC(=O)[C@H](Cc1ccc(N)cc1)NC(=O)c1c(Cl)cccc1Cl.COC(=O)c1cc(CN(C)C=O)ccc1N.COC(=O)c1cc(CN(C)C=O)ccc1NC(=O)Nc1ccc(C[C@H](NC(=O)c2c(Cl)cccc2Cl)C(=O)OC(C)C)cc1. The molecule has 674 valence electrons. The Hall–Kier alpha value is -13.3. The van der Waals surface area contributed by atoms with Gasteiger partial charge in [-0.1, -0.05) is 142 Å². The van der Waals surface area contributed by atoms with E-state index in [2.05, 4.69) is 36.3 Å². The third-order valence-corrected chi connectivity index (χ3v) is 20.0. The van der Waals surface area contributed by atoms with Gasteiger partial charge in [-0.25, -0.2) is 38.1 Å². The maximum atomic E-state index is 13.4. The molecule has 1 aromatic heterocycles. The summed E-state index contributed by atoms with van der Waals surface area (Å²) >= 11 is 36.8. The normalized spacial score (nSPS) is 11.3. The number of hydrogen-bond donors (Lipinski definition) is 8. The second-order valence-electron chi connectivity index (χ2n) is 29.4. The molecule has 0 radical (unpaired) electrons. The van der Waals surface area contributed by atoms with Crippen LogP contribution in [-0.2, 0) is 91.3 Å². The number of methoxy groups -OCH3 is 2. The van der Waals surface area contributed by atoms with E-state index in [-0.39, 0.29) is 95.4 Å². The van der Waals surface area contributed by atoms with Crippen LogP contribution in [0.2, 0.25) is 30.1 Å². The Balaban J connectivity index is 0.000000248. The first-order valence-electron chi connectivity index (χ1n) is 39.1. The van der Waals surface area contributed by atoms with Crippen LogP contribution in [0.25, 0.3) is 16.6 Å². The van der Waals surface area contributed by atoms with E-state index in [4.69, 9.17) is 100 Å². The summed E-state index contributed by atoms with van der Waals surface area (Å²) < 4.78 is 26.4. The summed E-state index contributed by atoms with van der Waals surface area (Å²) in [4.78, 5) is 179. The molecule has 0 aliphatic rings. The highest BCUT2D eigenvalue weighted by molar-refractivity contribution is 6.41. The monoisotopic (exact) mass is 1870 g/mol. The highest BCUT2D eigenvalue weighted by atomic mass is 35.5. The van der Waals surface area contributed by atoms with Crippen molar-refractivity contribution in [3.8, 4) is 5.69 Å². The number of aromatic nitrogens is 2. The Labute approximate surface area is 766 Å². The highest BCUT2D eigenvalue weighted by Gasteiger charge is 2.31. The van der Waals surface area contributed by atoms with Crippen molar-refractivity contribution in [1.29, 1.82) is 0 Å². The summed E-state index contributed by atoms with van der Waals surface area (Å²) in [7, 11) is 7.39. The Bertz CT molecular complexity index is 5740. The molecule has 0 saturated heterocycles. The molecule has 10 aromatic rings.